The summed E-state index contributed by atoms with van der Waals surface area (Å²) in [6.45, 7) is 0. The Balaban J connectivity index is 1.78. The van der Waals surface area contributed by atoms with Gasteiger partial charge in [0.2, 0.25) is 11.9 Å². The third kappa shape index (κ3) is 5.77. The monoisotopic (exact) mass is 398 g/mol. The molecule has 0 aliphatic heterocycles. The zero-order valence-corrected chi connectivity index (χ0v) is 16.2. The number of rotatable bonds is 6. The zero-order chi connectivity index (χ0) is 21.3. The quantitative estimate of drug-likeness (QED) is 0.285. The van der Waals surface area contributed by atoms with E-state index in [-0.39, 0.29) is 11.9 Å². The van der Waals surface area contributed by atoms with Crippen molar-refractivity contribution in [3.63, 3.8) is 0 Å². The number of nitrogens with two attached hydrogens (primary N) is 4. The molecule has 0 aromatic heterocycles. The highest BCUT2D eigenvalue weighted by molar-refractivity contribution is 5.84. The maximum absolute atomic E-state index is 5.25. The van der Waals surface area contributed by atoms with Gasteiger partial charge in [-0.15, -0.1) is 10.2 Å². The minimum Gasteiger partial charge on any atom is -0.369 e. The van der Waals surface area contributed by atoms with Gasteiger partial charge in [0.1, 0.15) is 0 Å². The number of hydrogen-bond donors (Lipinski definition) is 4. The Morgan fingerprint density at radius 1 is 0.533 bits per heavy atom. The van der Waals surface area contributed by atoms with Crippen molar-refractivity contribution in [2.45, 2.75) is 0 Å². The minimum atomic E-state index is -0.0752. The SMILES string of the molecule is NC(N)=N/N=C\c1ccc(-c2cccc(-c3ccc(/C=N/N=C(N)N)cc3)c2)cc1. The predicted molar refractivity (Wildman–Crippen MR) is 124 cm³/mol. The summed E-state index contributed by atoms with van der Waals surface area (Å²) in [4.78, 5) is 0. The van der Waals surface area contributed by atoms with Crippen LogP contribution in [0.4, 0.5) is 0 Å². The van der Waals surface area contributed by atoms with Gasteiger partial charge in [0, 0.05) is 0 Å². The first-order valence-electron chi connectivity index (χ1n) is 9.06. The van der Waals surface area contributed by atoms with E-state index in [4.69, 9.17) is 22.9 Å². The van der Waals surface area contributed by atoms with E-state index >= 15 is 0 Å². The first kappa shape index (κ1) is 20.3. The van der Waals surface area contributed by atoms with Gasteiger partial charge < -0.3 is 22.9 Å². The molecule has 0 saturated carbocycles. The molecule has 150 valence electrons. The molecule has 0 heterocycles. The average Bonchev–Trinajstić information content (AvgIpc) is 2.74. The van der Waals surface area contributed by atoms with Gasteiger partial charge >= 0.3 is 0 Å². The summed E-state index contributed by atoms with van der Waals surface area (Å²) < 4.78 is 0. The average molecular weight is 398 g/mol. The van der Waals surface area contributed by atoms with Gasteiger partial charge in [0.25, 0.3) is 0 Å². The van der Waals surface area contributed by atoms with Crippen LogP contribution in [0.1, 0.15) is 11.1 Å². The Morgan fingerprint density at radius 3 is 1.30 bits per heavy atom. The second-order valence-corrected chi connectivity index (χ2v) is 6.36. The zero-order valence-electron chi connectivity index (χ0n) is 16.2. The summed E-state index contributed by atoms with van der Waals surface area (Å²) in [5.41, 5.74) is 27.2. The first-order chi connectivity index (χ1) is 14.5. The maximum Gasteiger partial charge on any atom is 0.211 e. The molecule has 0 atom stereocenters. The molecule has 0 aliphatic carbocycles. The second-order valence-electron chi connectivity index (χ2n) is 6.36. The molecule has 0 amide bonds. The number of benzene rings is 3. The highest BCUT2D eigenvalue weighted by Gasteiger charge is 2.02. The molecule has 0 unspecified atom stereocenters. The van der Waals surface area contributed by atoms with Crippen LogP contribution < -0.4 is 22.9 Å². The lowest BCUT2D eigenvalue weighted by atomic mass is 9.98. The fraction of sp³-hybridized carbons (Fsp3) is 0. The van der Waals surface area contributed by atoms with Crippen LogP contribution in [0.15, 0.2) is 93.2 Å². The van der Waals surface area contributed by atoms with E-state index in [0.717, 1.165) is 33.4 Å². The Bertz CT molecular complexity index is 1020. The highest BCUT2D eigenvalue weighted by Crippen LogP contribution is 2.26. The molecule has 0 saturated heterocycles. The van der Waals surface area contributed by atoms with E-state index in [2.05, 4.69) is 38.6 Å². The number of nitrogens with zero attached hydrogens (tertiary/aromatic N) is 4. The summed E-state index contributed by atoms with van der Waals surface area (Å²) in [6, 6.07) is 24.3. The predicted octanol–water partition coefficient (Wildman–Crippen LogP) is 2.24. The van der Waals surface area contributed by atoms with Crippen molar-refractivity contribution in [3.8, 4) is 22.3 Å². The number of hydrogen-bond acceptors (Lipinski definition) is 4. The van der Waals surface area contributed by atoms with E-state index in [0.29, 0.717) is 0 Å². The van der Waals surface area contributed by atoms with Crippen molar-refractivity contribution in [3.05, 3.63) is 83.9 Å². The van der Waals surface area contributed by atoms with E-state index in [1.54, 1.807) is 12.4 Å². The topological polar surface area (TPSA) is 154 Å². The molecule has 0 radical (unpaired) electrons. The molecule has 30 heavy (non-hydrogen) atoms. The van der Waals surface area contributed by atoms with Gasteiger partial charge in [-0.05, 0) is 39.4 Å². The van der Waals surface area contributed by atoms with Gasteiger partial charge in [-0.25, -0.2) is 0 Å². The molecule has 3 aromatic carbocycles. The van der Waals surface area contributed by atoms with Crippen molar-refractivity contribution in [2.75, 3.05) is 0 Å². The van der Waals surface area contributed by atoms with Crippen molar-refractivity contribution < 1.29 is 0 Å². The smallest absolute Gasteiger partial charge is 0.211 e. The van der Waals surface area contributed by atoms with Gasteiger partial charge in [0.15, 0.2) is 0 Å². The fourth-order valence-electron chi connectivity index (χ4n) is 2.73. The third-order valence-electron chi connectivity index (χ3n) is 4.11. The van der Waals surface area contributed by atoms with Crippen molar-refractivity contribution in [1.82, 2.24) is 0 Å². The Labute approximate surface area is 174 Å². The van der Waals surface area contributed by atoms with Gasteiger partial charge in [0.05, 0.1) is 12.4 Å². The molecule has 3 rings (SSSR count). The fourth-order valence-corrected chi connectivity index (χ4v) is 2.73. The lowest BCUT2D eigenvalue weighted by Gasteiger charge is -2.07. The maximum atomic E-state index is 5.25. The summed E-state index contributed by atoms with van der Waals surface area (Å²) >= 11 is 0. The van der Waals surface area contributed by atoms with Gasteiger partial charge in [-0.1, -0.05) is 66.7 Å². The van der Waals surface area contributed by atoms with Crippen molar-refractivity contribution in [1.29, 1.82) is 0 Å². The van der Waals surface area contributed by atoms with Crippen LogP contribution in [0.5, 0.6) is 0 Å². The number of guanidine groups is 2. The lowest BCUT2D eigenvalue weighted by molar-refractivity contribution is 1.21. The molecule has 8 heteroatoms. The Morgan fingerprint density at radius 2 is 0.933 bits per heavy atom. The molecular weight excluding hydrogens is 376 g/mol. The summed E-state index contributed by atoms with van der Waals surface area (Å²) in [5.74, 6) is -0.150. The lowest BCUT2D eigenvalue weighted by Crippen LogP contribution is -2.21. The molecule has 8 nitrogen and oxygen atoms in total. The minimum absolute atomic E-state index is 0.0752. The van der Waals surface area contributed by atoms with Crippen LogP contribution >= 0.6 is 0 Å². The molecule has 0 bridgehead atoms. The van der Waals surface area contributed by atoms with Crippen LogP contribution in [0.2, 0.25) is 0 Å². The highest BCUT2D eigenvalue weighted by atomic mass is 15.3. The molecule has 0 spiro atoms. The molecule has 0 fully saturated rings. The van der Waals surface area contributed by atoms with E-state index < -0.39 is 0 Å². The van der Waals surface area contributed by atoms with E-state index in [1.165, 1.54) is 0 Å². The van der Waals surface area contributed by atoms with Crippen LogP contribution in [-0.2, 0) is 0 Å². The van der Waals surface area contributed by atoms with Crippen LogP contribution in [0, 0.1) is 0 Å². The van der Waals surface area contributed by atoms with E-state index in [1.807, 2.05) is 54.6 Å². The van der Waals surface area contributed by atoms with Crippen LogP contribution in [0.25, 0.3) is 22.3 Å². The first-order valence-corrected chi connectivity index (χ1v) is 9.06. The molecule has 3 aromatic rings. The Kier molecular flexibility index (Phi) is 6.52. The molecule has 0 aliphatic rings. The third-order valence-corrected chi connectivity index (χ3v) is 4.11. The molecule has 8 N–H and O–H groups in total. The summed E-state index contributed by atoms with van der Waals surface area (Å²) in [7, 11) is 0. The van der Waals surface area contributed by atoms with Gasteiger partial charge in [-0.3, -0.25) is 0 Å². The molecular formula is C22H22N8. The largest absolute Gasteiger partial charge is 0.369 e. The normalized spacial score (nSPS) is 10.9. The van der Waals surface area contributed by atoms with Crippen LogP contribution in [-0.4, -0.2) is 24.3 Å². The van der Waals surface area contributed by atoms with Crippen molar-refractivity contribution >= 4 is 24.3 Å². The van der Waals surface area contributed by atoms with Crippen LogP contribution in [0.3, 0.4) is 0 Å². The second kappa shape index (κ2) is 9.65. The Hall–Kier alpha value is -4.46. The summed E-state index contributed by atoms with van der Waals surface area (Å²) in [6.07, 6.45) is 3.19. The summed E-state index contributed by atoms with van der Waals surface area (Å²) in [5, 5.41) is 14.8. The van der Waals surface area contributed by atoms with Crippen molar-refractivity contribution in [2.24, 2.45) is 43.3 Å². The van der Waals surface area contributed by atoms with E-state index in [9.17, 15) is 0 Å². The standard InChI is InChI=1S/C22H22N8/c23-21(24)29-27-13-15-4-8-17(9-5-15)19-2-1-3-20(12-19)18-10-6-16(7-11-18)14-28-30-22(25)26/h1-14H,(H4,23,24,29)(H4,25,26,30)/b27-13-,28-14+. The van der Waals surface area contributed by atoms with Gasteiger partial charge in [-0.2, -0.15) is 10.2 Å².